The van der Waals surface area contributed by atoms with Crippen molar-refractivity contribution >= 4 is 5.91 Å². The summed E-state index contributed by atoms with van der Waals surface area (Å²) in [5.41, 5.74) is 5.83. The average molecular weight is 268 g/mol. The number of carbonyl (C=O) groups excluding carboxylic acids is 1. The van der Waals surface area contributed by atoms with Crippen molar-refractivity contribution in [2.75, 3.05) is 19.7 Å². The monoisotopic (exact) mass is 268 g/mol. The van der Waals surface area contributed by atoms with Gasteiger partial charge in [-0.1, -0.05) is 19.8 Å². The van der Waals surface area contributed by atoms with Crippen LogP contribution in [0.3, 0.4) is 0 Å². The summed E-state index contributed by atoms with van der Waals surface area (Å²) in [6.07, 6.45) is 6.92. The molecular formula is C15H28N2O2. The molecule has 1 aliphatic carbocycles. The van der Waals surface area contributed by atoms with E-state index in [4.69, 9.17) is 10.5 Å². The van der Waals surface area contributed by atoms with Gasteiger partial charge in [0.05, 0.1) is 12.0 Å². The summed E-state index contributed by atoms with van der Waals surface area (Å²) >= 11 is 0. The van der Waals surface area contributed by atoms with Gasteiger partial charge in [-0.25, -0.2) is 0 Å². The Bertz CT molecular complexity index is 296. The molecule has 4 unspecified atom stereocenters. The minimum Gasteiger partial charge on any atom is -0.377 e. The highest BCUT2D eigenvalue weighted by molar-refractivity contribution is 5.79. The molecule has 0 spiro atoms. The maximum absolute atomic E-state index is 12.2. The Balaban J connectivity index is 1.79. The van der Waals surface area contributed by atoms with Gasteiger partial charge in [0.1, 0.15) is 0 Å². The molecule has 19 heavy (non-hydrogen) atoms. The second-order valence-electron chi connectivity index (χ2n) is 6.00. The van der Waals surface area contributed by atoms with Crippen LogP contribution in [-0.2, 0) is 9.53 Å². The second-order valence-corrected chi connectivity index (χ2v) is 6.00. The van der Waals surface area contributed by atoms with Crippen molar-refractivity contribution in [3.63, 3.8) is 0 Å². The van der Waals surface area contributed by atoms with Crippen LogP contribution in [0.15, 0.2) is 0 Å². The molecule has 3 N–H and O–H groups in total. The van der Waals surface area contributed by atoms with Gasteiger partial charge in [-0.15, -0.1) is 0 Å². The molecule has 0 aromatic rings. The molecule has 110 valence electrons. The van der Waals surface area contributed by atoms with Crippen LogP contribution in [0.1, 0.15) is 45.4 Å². The van der Waals surface area contributed by atoms with E-state index >= 15 is 0 Å². The van der Waals surface area contributed by atoms with E-state index in [0.29, 0.717) is 11.8 Å². The third-order valence-corrected chi connectivity index (χ3v) is 4.86. The van der Waals surface area contributed by atoms with Gasteiger partial charge in [-0.05, 0) is 44.1 Å². The summed E-state index contributed by atoms with van der Waals surface area (Å²) < 4.78 is 5.59. The zero-order chi connectivity index (χ0) is 13.7. The first-order valence-electron chi connectivity index (χ1n) is 7.85. The van der Waals surface area contributed by atoms with Crippen LogP contribution in [0, 0.1) is 17.8 Å². The summed E-state index contributed by atoms with van der Waals surface area (Å²) in [6.45, 7) is 4.37. The van der Waals surface area contributed by atoms with E-state index in [9.17, 15) is 4.79 Å². The highest BCUT2D eigenvalue weighted by Crippen LogP contribution is 2.29. The Morgan fingerprint density at radius 2 is 2.00 bits per heavy atom. The largest absolute Gasteiger partial charge is 0.377 e. The molecule has 4 heteroatoms. The first-order valence-corrected chi connectivity index (χ1v) is 7.85. The zero-order valence-corrected chi connectivity index (χ0v) is 12.1. The lowest BCUT2D eigenvalue weighted by Crippen LogP contribution is -2.41. The molecule has 1 saturated heterocycles. The van der Waals surface area contributed by atoms with E-state index in [1.165, 1.54) is 25.7 Å². The average Bonchev–Trinajstić information content (AvgIpc) is 2.93. The Labute approximate surface area is 116 Å². The van der Waals surface area contributed by atoms with Gasteiger partial charge in [0.25, 0.3) is 0 Å². The Kier molecular flexibility index (Phi) is 5.64. The maximum Gasteiger partial charge on any atom is 0.225 e. The summed E-state index contributed by atoms with van der Waals surface area (Å²) in [4.78, 5) is 12.2. The first kappa shape index (κ1) is 14.8. The minimum atomic E-state index is 0.0601. The van der Waals surface area contributed by atoms with Crippen molar-refractivity contribution in [1.29, 1.82) is 0 Å². The van der Waals surface area contributed by atoms with Crippen LogP contribution in [0.5, 0.6) is 0 Å². The standard InChI is InChI=1S/C15H28N2O2/c1-2-14-13(7-8-19-14)15(18)17-10-12-6-4-3-5-11(12)9-16/h11-14H,2-10,16H2,1H3,(H,17,18). The Morgan fingerprint density at radius 3 is 2.68 bits per heavy atom. The fraction of sp³-hybridized carbons (Fsp3) is 0.933. The third-order valence-electron chi connectivity index (χ3n) is 4.86. The van der Waals surface area contributed by atoms with E-state index in [1.807, 2.05) is 0 Å². The lowest BCUT2D eigenvalue weighted by molar-refractivity contribution is -0.127. The van der Waals surface area contributed by atoms with Crippen LogP contribution >= 0.6 is 0 Å². The van der Waals surface area contributed by atoms with Crippen molar-refractivity contribution in [3.05, 3.63) is 0 Å². The van der Waals surface area contributed by atoms with Crippen LogP contribution in [0.2, 0.25) is 0 Å². The first-order chi connectivity index (χ1) is 9.26. The predicted molar refractivity (Wildman–Crippen MR) is 75.7 cm³/mol. The van der Waals surface area contributed by atoms with Crippen LogP contribution in [-0.4, -0.2) is 31.7 Å². The van der Waals surface area contributed by atoms with E-state index in [1.54, 1.807) is 0 Å². The number of hydrogen-bond acceptors (Lipinski definition) is 3. The quantitative estimate of drug-likeness (QED) is 0.797. The molecule has 1 amide bonds. The molecule has 1 saturated carbocycles. The number of carbonyl (C=O) groups is 1. The van der Waals surface area contributed by atoms with Gasteiger partial charge in [0, 0.05) is 13.2 Å². The minimum absolute atomic E-state index is 0.0601. The van der Waals surface area contributed by atoms with Gasteiger partial charge in [0.15, 0.2) is 0 Å². The second kappa shape index (κ2) is 7.25. The Morgan fingerprint density at radius 1 is 1.26 bits per heavy atom. The topological polar surface area (TPSA) is 64.3 Å². The number of amides is 1. The number of ether oxygens (including phenoxy) is 1. The SMILES string of the molecule is CCC1OCCC1C(=O)NCC1CCCCC1CN. The van der Waals surface area contributed by atoms with Crippen molar-refractivity contribution < 1.29 is 9.53 Å². The molecular weight excluding hydrogens is 240 g/mol. The number of rotatable bonds is 5. The summed E-state index contributed by atoms with van der Waals surface area (Å²) in [6, 6.07) is 0. The van der Waals surface area contributed by atoms with Gasteiger partial charge in [-0.3, -0.25) is 4.79 Å². The van der Waals surface area contributed by atoms with Crippen LogP contribution < -0.4 is 11.1 Å². The molecule has 1 heterocycles. The van der Waals surface area contributed by atoms with Crippen molar-refractivity contribution in [2.45, 2.75) is 51.6 Å². The van der Waals surface area contributed by atoms with E-state index in [-0.39, 0.29) is 17.9 Å². The van der Waals surface area contributed by atoms with Crippen LogP contribution in [0.25, 0.3) is 0 Å². The highest BCUT2D eigenvalue weighted by Gasteiger charge is 2.33. The molecule has 0 aromatic heterocycles. The van der Waals surface area contributed by atoms with Crippen molar-refractivity contribution in [1.82, 2.24) is 5.32 Å². The summed E-state index contributed by atoms with van der Waals surface area (Å²) in [5.74, 6) is 1.41. The summed E-state index contributed by atoms with van der Waals surface area (Å²) in [5, 5.41) is 3.15. The maximum atomic E-state index is 12.2. The van der Waals surface area contributed by atoms with Gasteiger partial charge < -0.3 is 15.8 Å². The molecule has 2 aliphatic rings. The van der Waals surface area contributed by atoms with E-state index in [2.05, 4.69) is 12.2 Å². The highest BCUT2D eigenvalue weighted by atomic mass is 16.5. The number of nitrogens with two attached hydrogens (primary N) is 1. The molecule has 1 aliphatic heterocycles. The van der Waals surface area contributed by atoms with E-state index < -0.39 is 0 Å². The molecule has 0 radical (unpaired) electrons. The predicted octanol–water partition coefficient (Wildman–Crippen LogP) is 1.68. The lowest BCUT2D eigenvalue weighted by Gasteiger charge is -2.31. The Hall–Kier alpha value is -0.610. The molecule has 0 aromatic carbocycles. The molecule has 4 nitrogen and oxygen atoms in total. The normalized spacial score (nSPS) is 35.3. The fourth-order valence-electron chi connectivity index (χ4n) is 3.58. The lowest BCUT2D eigenvalue weighted by atomic mass is 9.79. The fourth-order valence-corrected chi connectivity index (χ4v) is 3.58. The molecule has 0 bridgehead atoms. The van der Waals surface area contributed by atoms with Crippen molar-refractivity contribution in [3.8, 4) is 0 Å². The molecule has 2 rings (SSSR count). The molecule has 4 atom stereocenters. The van der Waals surface area contributed by atoms with Crippen molar-refractivity contribution in [2.24, 2.45) is 23.5 Å². The van der Waals surface area contributed by atoms with Gasteiger partial charge in [0.2, 0.25) is 5.91 Å². The third kappa shape index (κ3) is 3.69. The number of hydrogen-bond donors (Lipinski definition) is 2. The summed E-state index contributed by atoms with van der Waals surface area (Å²) in [7, 11) is 0. The molecule has 2 fully saturated rings. The number of nitrogens with one attached hydrogen (secondary N) is 1. The zero-order valence-electron chi connectivity index (χ0n) is 12.1. The van der Waals surface area contributed by atoms with Crippen LogP contribution in [0.4, 0.5) is 0 Å². The van der Waals surface area contributed by atoms with Gasteiger partial charge >= 0.3 is 0 Å². The van der Waals surface area contributed by atoms with Gasteiger partial charge in [-0.2, -0.15) is 0 Å². The van der Waals surface area contributed by atoms with E-state index in [0.717, 1.165) is 32.5 Å². The smallest absolute Gasteiger partial charge is 0.225 e.